The summed E-state index contributed by atoms with van der Waals surface area (Å²) in [6.07, 6.45) is 5.15. The van der Waals surface area contributed by atoms with E-state index in [1.807, 2.05) is 52.4 Å². The number of methoxy groups -OCH3 is 1. The lowest BCUT2D eigenvalue weighted by Crippen LogP contribution is -2.24. The average Bonchev–Trinajstić information content (AvgIpc) is 3.55. The molecule has 4 rings (SSSR count). The number of nitrogens with one attached hydrogen (secondary N) is 1. The standard InChI is InChI=1S/C27H31N5O2S2/c1-3-4-5-11-16-28-26(33)21-18-35-25(29-21)19-36-27-31-30-24(17-20-12-7-6-8-13-20)32(27)22-14-9-10-15-23(22)34-2/h6-10,12-15,18H,3-5,11,16-17,19H2,1-2H3,(H,28,33). The molecule has 0 aliphatic heterocycles. The van der Waals surface area contributed by atoms with Gasteiger partial charge in [0.05, 0.1) is 18.6 Å². The summed E-state index contributed by atoms with van der Waals surface area (Å²) >= 11 is 3.04. The zero-order chi connectivity index (χ0) is 25.2. The van der Waals surface area contributed by atoms with Gasteiger partial charge in [-0.15, -0.1) is 21.5 Å². The number of hydrogen-bond donors (Lipinski definition) is 1. The molecular weight excluding hydrogens is 490 g/mol. The van der Waals surface area contributed by atoms with E-state index in [4.69, 9.17) is 4.74 Å². The van der Waals surface area contributed by atoms with Crippen LogP contribution in [-0.2, 0) is 12.2 Å². The molecule has 4 aromatic rings. The molecule has 0 saturated carbocycles. The van der Waals surface area contributed by atoms with Gasteiger partial charge in [-0.3, -0.25) is 9.36 Å². The van der Waals surface area contributed by atoms with Crippen LogP contribution in [-0.4, -0.2) is 39.3 Å². The minimum atomic E-state index is -0.110. The van der Waals surface area contributed by atoms with Crippen LogP contribution in [0, 0.1) is 0 Å². The summed E-state index contributed by atoms with van der Waals surface area (Å²) in [5.74, 6) is 2.06. The molecule has 0 unspecified atom stereocenters. The van der Waals surface area contributed by atoms with Crippen LogP contribution in [0.1, 0.15) is 59.5 Å². The molecule has 2 aromatic heterocycles. The van der Waals surface area contributed by atoms with Crippen molar-refractivity contribution in [3.8, 4) is 11.4 Å². The Labute approximate surface area is 220 Å². The predicted molar refractivity (Wildman–Crippen MR) is 145 cm³/mol. The number of thioether (sulfide) groups is 1. The van der Waals surface area contributed by atoms with Gasteiger partial charge in [0.15, 0.2) is 5.16 Å². The van der Waals surface area contributed by atoms with E-state index >= 15 is 0 Å². The number of benzene rings is 2. The normalized spacial score (nSPS) is 10.9. The molecule has 9 heteroatoms. The first-order chi connectivity index (χ1) is 17.7. The smallest absolute Gasteiger partial charge is 0.270 e. The van der Waals surface area contributed by atoms with Crippen LogP contribution < -0.4 is 10.1 Å². The molecular formula is C27H31N5O2S2. The fourth-order valence-corrected chi connectivity index (χ4v) is 5.55. The molecule has 2 heterocycles. The highest BCUT2D eigenvalue weighted by molar-refractivity contribution is 7.98. The van der Waals surface area contributed by atoms with E-state index in [9.17, 15) is 4.79 Å². The molecule has 0 bridgehead atoms. The number of carbonyl (C=O) groups is 1. The van der Waals surface area contributed by atoms with Gasteiger partial charge in [-0.05, 0) is 24.1 Å². The lowest BCUT2D eigenvalue weighted by atomic mass is 10.1. The molecule has 1 N–H and O–H groups in total. The summed E-state index contributed by atoms with van der Waals surface area (Å²) in [7, 11) is 1.67. The maximum absolute atomic E-state index is 12.4. The van der Waals surface area contributed by atoms with Gasteiger partial charge < -0.3 is 10.1 Å². The summed E-state index contributed by atoms with van der Waals surface area (Å²) in [6.45, 7) is 2.86. The van der Waals surface area contributed by atoms with Gasteiger partial charge in [-0.2, -0.15) is 0 Å². The monoisotopic (exact) mass is 521 g/mol. The van der Waals surface area contributed by atoms with Gasteiger partial charge in [0.1, 0.15) is 22.3 Å². The first kappa shape index (κ1) is 25.9. The molecule has 0 saturated heterocycles. The van der Waals surface area contributed by atoms with Gasteiger partial charge in [-0.1, -0.05) is 80.4 Å². The van der Waals surface area contributed by atoms with Crippen molar-refractivity contribution in [2.75, 3.05) is 13.7 Å². The molecule has 0 atom stereocenters. The highest BCUT2D eigenvalue weighted by atomic mass is 32.2. The van der Waals surface area contributed by atoms with Crippen molar-refractivity contribution in [3.63, 3.8) is 0 Å². The molecule has 36 heavy (non-hydrogen) atoms. The van der Waals surface area contributed by atoms with Crippen LogP contribution in [0.25, 0.3) is 5.69 Å². The van der Waals surface area contributed by atoms with Crippen molar-refractivity contribution in [2.45, 2.75) is 49.9 Å². The zero-order valence-corrected chi connectivity index (χ0v) is 22.3. The molecule has 0 aliphatic rings. The number of carbonyl (C=O) groups excluding carboxylic acids is 1. The maximum atomic E-state index is 12.4. The molecule has 7 nitrogen and oxygen atoms in total. The number of hydrogen-bond acceptors (Lipinski definition) is 7. The summed E-state index contributed by atoms with van der Waals surface area (Å²) in [6, 6.07) is 18.1. The fourth-order valence-electron chi connectivity index (χ4n) is 3.80. The minimum absolute atomic E-state index is 0.110. The largest absolute Gasteiger partial charge is 0.495 e. The van der Waals surface area contributed by atoms with E-state index in [1.165, 1.54) is 24.2 Å². The third-order valence-electron chi connectivity index (χ3n) is 5.66. The summed E-state index contributed by atoms with van der Waals surface area (Å²) in [5, 5.41) is 15.4. The Balaban J connectivity index is 1.48. The Hall–Kier alpha value is -3.17. The molecule has 188 valence electrons. The highest BCUT2D eigenvalue weighted by Crippen LogP contribution is 2.31. The zero-order valence-electron chi connectivity index (χ0n) is 20.6. The maximum Gasteiger partial charge on any atom is 0.270 e. The lowest BCUT2D eigenvalue weighted by Gasteiger charge is -2.13. The minimum Gasteiger partial charge on any atom is -0.495 e. The third kappa shape index (κ3) is 6.73. The molecule has 0 radical (unpaired) electrons. The number of thiazole rings is 1. The molecule has 0 spiro atoms. The number of aromatic nitrogens is 4. The highest BCUT2D eigenvalue weighted by Gasteiger charge is 2.19. The number of para-hydroxylation sites is 2. The number of rotatable bonds is 13. The Morgan fingerprint density at radius 2 is 1.86 bits per heavy atom. The van der Waals surface area contributed by atoms with E-state index in [1.54, 1.807) is 18.9 Å². The van der Waals surface area contributed by atoms with E-state index in [-0.39, 0.29) is 5.91 Å². The first-order valence-corrected chi connectivity index (χ1v) is 14.0. The third-order valence-corrected chi connectivity index (χ3v) is 7.63. The van der Waals surface area contributed by atoms with Crippen molar-refractivity contribution in [1.29, 1.82) is 0 Å². The van der Waals surface area contributed by atoms with Crippen molar-refractivity contribution in [3.05, 3.63) is 82.1 Å². The predicted octanol–water partition coefficient (Wildman–Crippen LogP) is 5.93. The summed E-state index contributed by atoms with van der Waals surface area (Å²) in [5.41, 5.74) is 2.52. The van der Waals surface area contributed by atoms with Gasteiger partial charge in [0, 0.05) is 18.3 Å². The van der Waals surface area contributed by atoms with E-state index in [0.717, 1.165) is 45.8 Å². The van der Waals surface area contributed by atoms with Crippen molar-refractivity contribution in [1.82, 2.24) is 25.1 Å². The Bertz CT molecular complexity index is 1260. The van der Waals surface area contributed by atoms with Crippen LogP contribution in [0.3, 0.4) is 0 Å². The molecule has 0 fully saturated rings. The van der Waals surface area contributed by atoms with Gasteiger partial charge >= 0.3 is 0 Å². The fraction of sp³-hybridized carbons (Fsp3) is 0.333. The Morgan fingerprint density at radius 3 is 2.67 bits per heavy atom. The quantitative estimate of drug-likeness (QED) is 0.174. The van der Waals surface area contributed by atoms with Crippen LogP contribution >= 0.6 is 23.1 Å². The number of amides is 1. The van der Waals surface area contributed by atoms with Gasteiger partial charge in [0.2, 0.25) is 0 Å². The average molecular weight is 522 g/mol. The Morgan fingerprint density at radius 1 is 1.06 bits per heavy atom. The van der Waals surface area contributed by atoms with E-state index in [0.29, 0.717) is 24.4 Å². The summed E-state index contributed by atoms with van der Waals surface area (Å²) < 4.78 is 7.68. The second-order valence-corrected chi connectivity index (χ2v) is 10.2. The Kier molecular flexibility index (Phi) is 9.52. The van der Waals surface area contributed by atoms with Crippen LogP contribution in [0.15, 0.2) is 65.1 Å². The van der Waals surface area contributed by atoms with Gasteiger partial charge in [0.25, 0.3) is 5.91 Å². The second-order valence-electron chi connectivity index (χ2n) is 8.30. The van der Waals surface area contributed by atoms with Crippen LogP contribution in [0.2, 0.25) is 0 Å². The van der Waals surface area contributed by atoms with Crippen LogP contribution in [0.5, 0.6) is 5.75 Å². The van der Waals surface area contributed by atoms with E-state index < -0.39 is 0 Å². The van der Waals surface area contributed by atoms with Crippen LogP contribution in [0.4, 0.5) is 0 Å². The topological polar surface area (TPSA) is 81.9 Å². The molecule has 2 aromatic carbocycles. The number of nitrogens with zero attached hydrogens (tertiary/aromatic N) is 4. The SMILES string of the molecule is CCCCCCNC(=O)c1csc(CSc2nnc(Cc3ccccc3)n2-c2ccccc2OC)n1. The van der Waals surface area contributed by atoms with Gasteiger partial charge in [-0.25, -0.2) is 4.98 Å². The lowest BCUT2D eigenvalue weighted by molar-refractivity contribution is 0.0948. The molecule has 1 amide bonds. The van der Waals surface area contributed by atoms with Crippen molar-refractivity contribution < 1.29 is 9.53 Å². The van der Waals surface area contributed by atoms with Crippen molar-refractivity contribution >= 4 is 29.0 Å². The number of unbranched alkanes of at least 4 members (excludes halogenated alkanes) is 3. The molecule has 0 aliphatic carbocycles. The van der Waals surface area contributed by atoms with Crippen molar-refractivity contribution in [2.24, 2.45) is 0 Å². The summed E-state index contributed by atoms with van der Waals surface area (Å²) in [4.78, 5) is 17.0. The first-order valence-electron chi connectivity index (χ1n) is 12.2. The number of ether oxygens (including phenoxy) is 1. The second kappa shape index (κ2) is 13.2. The van der Waals surface area contributed by atoms with E-state index in [2.05, 4.69) is 39.6 Å².